The van der Waals surface area contributed by atoms with Crippen molar-refractivity contribution < 1.29 is 19.0 Å². The first kappa shape index (κ1) is 15.9. The van der Waals surface area contributed by atoms with Gasteiger partial charge in [-0.2, -0.15) is 0 Å². The lowest BCUT2D eigenvalue weighted by molar-refractivity contribution is -0.153. The summed E-state index contributed by atoms with van der Waals surface area (Å²) in [6, 6.07) is 6.17. The van der Waals surface area contributed by atoms with Gasteiger partial charge in [-0.1, -0.05) is 12.1 Å². The first-order valence-corrected chi connectivity index (χ1v) is 8.75. The number of carbonyl (C=O) groups is 1. The lowest BCUT2D eigenvalue weighted by atomic mass is 9.91. The van der Waals surface area contributed by atoms with E-state index in [9.17, 15) is 4.79 Å². The first-order chi connectivity index (χ1) is 11.6. The van der Waals surface area contributed by atoms with E-state index in [-0.39, 0.29) is 16.9 Å². The van der Waals surface area contributed by atoms with Crippen LogP contribution in [-0.2, 0) is 19.7 Å². The summed E-state index contributed by atoms with van der Waals surface area (Å²) >= 11 is 0. The number of aryl methyl sites for hydroxylation is 1. The van der Waals surface area contributed by atoms with Crippen LogP contribution >= 0.6 is 0 Å². The molecule has 0 radical (unpaired) electrons. The highest BCUT2D eigenvalue weighted by molar-refractivity contribution is 5.91. The topological polar surface area (TPSA) is 48.0 Å². The summed E-state index contributed by atoms with van der Waals surface area (Å²) in [5.74, 6) is 1.09. The average molecular weight is 331 g/mol. The molecule has 2 heterocycles. The van der Waals surface area contributed by atoms with Gasteiger partial charge in [0.05, 0.1) is 32.3 Å². The molecule has 0 N–H and O–H groups in total. The van der Waals surface area contributed by atoms with Gasteiger partial charge in [-0.3, -0.25) is 4.79 Å². The molecule has 5 nitrogen and oxygen atoms in total. The number of rotatable bonds is 3. The Morgan fingerprint density at radius 1 is 1.25 bits per heavy atom. The fraction of sp³-hybridized carbons (Fsp3) is 0.632. The van der Waals surface area contributed by atoms with Crippen molar-refractivity contribution in [2.45, 2.75) is 37.2 Å². The summed E-state index contributed by atoms with van der Waals surface area (Å²) in [5.41, 5.74) is 1.53. The number of nitrogens with zero attached hydrogens (tertiary/aromatic N) is 1. The van der Waals surface area contributed by atoms with E-state index < -0.39 is 0 Å². The zero-order valence-electron chi connectivity index (χ0n) is 14.5. The van der Waals surface area contributed by atoms with E-state index >= 15 is 0 Å². The lowest BCUT2D eigenvalue weighted by Gasteiger charge is -2.41. The second-order valence-electron chi connectivity index (χ2n) is 7.33. The molecule has 130 valence electrons. The van der Waals surface area contributed by atoms with Crippen molar-refractivity contribution >= 4 is 5.91 Å². The molecule has 3 aliphatic rings. The molecule has 4 rings (SSSR count). The number of hydrogen-bond acceptors (Lipinski definition) is 4. The average Bonchev–Trinajstić information content (AvgIpc) is 3.30. The molecule has 1 atom stereocenters. The van der Waals surface area contributed by atoms with E-state index in [1.807, 2.05) is 24.0 Å². The van der Waals surface area contributed by atoms with E-state index in [0.29, 0.717) is 26.3 Å². The maximum absolute atomic E-state index is 13.3. The summed E-state index contributed by atoms with van der Waals surface area (Å²) < 4.78 is 16.9. The van der Waals surface area contributed by atoms with Crippen molar-refractivity contribution in [3.05, 3.63) is 29.3 Å². The van der Waals surface area contributed by atoms with Crippen LogP contribution in [0.25, 0.3) is 0 Å². The minimum Gasteiger partial charge on any atom is -0.496 e. The summed E-state index contributed by atoms with van der Waals surface area (Å²) in [7, 11) is 1.68. The largest absolute Gasteiger partial charge is 0.496 e. The smallest absolute Gasteiger partial charge is 0.233 e. The van der Waals surface area contributed by atoms with Crippen molar-refractivity contribution in [3.63, 3.8) is 0 Å². The van der Waals surface area contributed by atoms with E-state index in [0.717, 1.165) is 42.7 Å². The highest BCUT2D eigenvalue weighted by Gasteiger charge is 2.55. The molecule has 0 bridgehead atoms. The highest BCUT2D eigenvalue weighted by atomic mass is 16.6. The lowest BCUT2D eigenvalue weighted by Crippen LogP contribution is -2.56. The Balaban J connectivity index is 1.57. The van der Waals surface area contributed by atoms with E-state index in [1.54, 1.807) is 7.11 Å². The van der Waals surface area contributed by atoms with Gasteiger partial charge in [0, 0.05) is 19.6 Å². The van der Waals surface area contributed by atoms with E-state index in [2.05, 4.69) is 6.07 Å². The van der Waals surface area contributed by atoms with Crippen molar-refractivity contribution in [1.29, 1.82) is 0 Å². The van der Waals surface area contributed by atoms with Crippen LogP contribution in [0.4, 0.5) is 0 Å². The number of hydrogen-bond donors (Lipinski definition) is 0. The molecular formula is C19H25NO4. The highest BCUT2D eigenvalue weighted by Crippen LogP contribution is 2.51. The van der Waals surface area contributed by atoms with Gasteiger partial charge in [0.25, 0.3) is 0 Å². The van der Waals surface area contributed by atoms with Gasteiger partial charge in [0.2, 0.25) is 5.91 Å². The van der Waals surface area contributed by atoms with Crippen LogP contribution in [0.5, 0.6) is 5.75 Å². The minimum atomic E-state index is -0.362. The minimum absolute atomic E-state index is 0.239. The maximum Gasteiger partial charge on any atom is 0.233 e. The van der Waals surface area contributed by atoms with Crippen molar-refractivity contribution in [2.75, 3.05) is 40.0 Å². The van der Waals surface area contributed by atoms with Crippen LogP contribution in [0, 0.1) is 6.92 Å². The van der Waals surface area contributed by atoms with Crippen LogP contribution in [-0.4, -0.2) is 56.4 Å². The second-order valence-corrected chi connectivity index (χ2v) is 7.33. The Morgan fingerprint density at radius 2 is 2.08 bits per heavy atom. The zero-order chi connectivity index (χ0) is 16.8. The molecule has 0 aromatic heterocycles. The zero-order valence-corrected chi connectivity index (χ0v) is 14.5. The van der Waals surface area contributed by atoms with Gasteiger partial charge in [-0.05, 0) is 37.0 Å². The molecule has 1 aliphatic carbocycles. The second kappa shape index (κ2) is 5.74. The summed E-state index contributed by atoms with van der Waals surface area (Å²) in [6.07, 6.45) is 2.71. The van der Waals surface area contributed by atoms with Gasteiger partial charge >= 0.3 is 0 Å². The molecule has 2 saturated heterocycles. The summed E-state index contributed by atoms with van der Waals surface area (Å²) in [4.78, 5) is 15.3. The number of benzene rings is 1. The van der Waals surface area contributed by atoms with Crippen LogP contribution in [0.1, 0.15) is 30.4 Å². The first-order valence-electron chi connectivity index (χ1n) is 8.75. The Labute approximate surface area is 142 Å². The molecule has 3 fully saturated rings. The van der Waals surface area contributed by atoms with Gasteiger partial charge in [-0.15, -0.1) is 0 Å². The van der Waals surface area contributed by atoms with Crippen LogP contribution in [0.3, 0.4) is 0 Å². The molecular weight excluding hydrogens is 306 g/mol. The van der Waals surface area contributed by atoms with Crippen molar-refractivity contribution in [3.8, 4) is 5.75 Å². The third-order valence-electron chi connectivity index (χ3n) is 5.72. The predicted molar refractivity (Wildman–Crippen MR) is 89.3 cm³/mol. The van der Waals surface area contributed by atoms with Gasteiger partial charge in [0.1, 0.15) is 11.4 Å². The monoisotopic (exact) mass is 331 g/mol. The Bertz CT molecular complexity index is 647. The fourth-order valence-corrected chi connectivity index (χ4v) is 4.02. The summed E-state index contributed by atoms with van der Waals surface area (Å²) in [5, 5.41) is 0. The fourth-order valence-electron chi connectivity index (χ4n) is 4.02. The number of ether oxygens (including phenoxy) is 3. The number of amides is 1. The predicted octanol–water partition coefficient (Wildman–Crippen LogP) is 2.05. The molecule has 5 heteroatoms. The number of methoxy groups -OCH3 is 1. The standard InChI is InChI=1S/C19H25NO4/c1-14-3-4-15(11-16(14)22-2)19(5-6-19)17(21)20-8-10-24-18(12-20)7-9-23-13-18/h3-4,11H,5-10,12-13H2,1-2H3. The van der Waals surface area contributed by atoms with Gasteiger partial charge in [0.15, 0.2) is 0 Å². The van der Waals surface area contributed by atoms with Crippen LogP contribution in [0.15, 0.2) is 18.2 Å². The molecule has 1 aromatic carbocycles. The molecule has 1 saturated carbocycles. The van der Waals surface area contributed by atoms with Gasteiger partial charge in [-0.25, -0.2) is 0 Å². The SMILES string of the molecule is COc1cc(C2(C(=O)N3CCOC4(CCOC4)C3)CC2)ccc1C. The maximum atomic E-state index is 13.3. The van der Waals surface area contributed by atoms with Crippen molar-refractivity contribution in [1.82, 2.24) is 4.90 Å². The molecule has 2 aliphatic heterocycles. The Morgan fingerprint density at radius 3 is 2.75 bits per heavy atom. The molecule has 1 amide bonds. The van der Waals surface area contributed by atoms with Gasteiger partial charge < -0.3 is 19.1 Å². The van der Waals surface area contributed by atoms with Crippen LogP contribution < -0.4 is 4.74 Å². The molecule has 1 spiro atoms. The third kappa shape index (κ3) is 2.50. The third-order valence-corrected chi connectivity index (χ3v) is 5.72. The Hall–Kier alpha value is -1.59. The molecule has 1 aromatic rings. The number of morpholine rings is 1. The molecule has 1 unspecified atom stereocenters. The Kier molecular flexibility index (Phi) is 3.81. The normalized spacial score (nSPS) is 28.2. The van der Waals surface area contributed by atoms with Crippen LogP contribution in [0.2, 0.25) is 0 Å². The van der Waals surface area contributed by atoms with Crippen molar-refractivity contribution in [2.24, 2.45) is 0 Å². The van der Waals surface area contributed by atoms with E-state index in [4.69, 9.17) is 14.2 Å². The number of carbonyl (C=O) groups excluding carboxylic acids is 1. The summed E-state index contributed by atoms with van der Waals surface area (Å²) in [6.45, 7) is 5.27. The van der Waals surface area contributed by atoms with E-state index in [1.165, 1.54) is 0 Å². The molecule has 24 heavy (non-hydrogen) atoms. The quantitative estimate of drug-likeness (QED) is 0.851.